The number of benzene rings is 2. The first-order valence-corrected chi connectivity index (χ1v) is 13.3. The number of carbonyl (C=O) groups excluding carboxylic acids is 2. The van der Waals surface area contributed by atoms with E-state index >= 15 is 0 Å². The zero-order valence-corrected chi connectivity index (χ0v) is 21.5. The minimum atomic E-state index is -3.93. The Morgan fingerprint density at radius 2 is 1.68 bits per heavy atom. The van der Waals surface area contributed by atoms with Gasteiger partial charge in [0.1, 0.15) is 6.04 Å². The van der Waals surface area contributed by atoms with Gasteiger partial charge in [-0.25, -0.2) is 8.42 Å². The highest BCUT2D eigenvalue weighted by molar-refractivity contribution is 7.89. The Hall–Kier alpha value is -2.13. The fraction of sp³-hybridized carbons (Fsp3) is 0.417. The number of nitrogens with one attached hydrogen (secondary N) is 1. The maximum absolute atomic E-state index is 13.4. The van der Waals surface area contributed by atoms with Gasteiger partial charge in [-0.15, -0.1) is 0 Å². The van der Waals surface area contributed by atoms with E-state index in [0.717, 1.165) is 30.0 Å². The van der Waals surface area contributed by atoms with Crippen molar-refractivity contribution in [2.75, 3.05) is 13.6 Å². The molecule has 2 aromatic carbocycles. The largest absolute Gasteiger partial charge is 0.352 e. The van der Waals surface area contributed by atoms with Crippen LogP contribution in [0.25, 0.3) is 0 Å². The molecule has 10 heteroatoms. The van der Waals surface area contributed by atoms with Gasteiger partial charge < -0.3 is 10.2 Å². The lowest BCUT2D eigenvalue weighted by atomic mass is 10.1. The molecule has 0 unspecified atom stereocenters. The van der Waals surface area contributed by atoms with Gasteiger partial charge in [0.2, 0.25) is 21.8 Å². The van der Waals surface area contributed by atoms with Crippen LogP contribution in [0.15, 0.2) is 53.4 Å². The second-order valence-electron chi connectivity index (χ2n) is 8.49. The fourth-order valence-electron chi connectivity index (χ4n) is 3.94. The lowest BCUT2D eigenvalue weighted by Crippen LogP contribution is -2.52. The summed E-state index contributed by atoms with van der Waals surface area (Å²) in [7, 11) is -2.60. The SMILES string of the molecule is C[C@@H](C(=O)NC1CCCC1)N(Cc1ccccc1Cl)C(=O)CN(C)S(=O)(=O)c1ccc(Cl)cc1. The van der Waals surface area contributed by atoms with E-state index < -0.39 is 28.5 Å². The van der Waals surface area contributed by atoms with Gasteiger partial charge in [0.05, 0.1) is 11.4 Å². The van der Waals surface area contributed by atoms with E-state index in [0.29, 0.717) is 15.6 Å². The van der Waals surface area contributed by atoms with Crippen LogP contribution >= 0.6 is 23.2 Å². The molecule has 1 aliphatic carbocycles. The number of amides is 2. The van der Waals surface area contributed by atoms with Crippen molar-refractivity contribution in [1.82, 2.24) is 14.5 Å². The topological polar surface area (TPSA) is 86.8 Å². The normalized spacial score (nSPS) is 15.3. The van der Waals surface area contributed by atoms with Crippen molar-refractivity contribution in [3.05, 3.63) is 64.1 Å². The zero-order chi connectivity index (χ0) is 24.9. The smallest absolute Gasteiger partial charge is 0.243 e. The monoisotopic (exact) mass is 525 g/mol. The molecule has 0 aliphatic heterocycles. The quantitative estimate of drug-likeness (QED) is 0.534. The highest BCUT2D eigenvalue weighted by Crippen LogP contribution is 2.22. The molecule has 7 nitrogen and oxygen atoms in total. The van der Waals surface area contributed by atoms with Crippen molar-refractivity contribution in [2.45, 2.75) is 56.1 Å². The van der Waals surface area contributed by atoms with E-state index in [-0.39, 0.29) is 23.4 Å². The number of likely N-dealkylation sites (N-methyl/N-ethyl adjacent to an activating group) is 1. The Kier molecular flexibility index (Phi) is 8.98. The molecule has 2 amide bonds. The zero-order valence-electron chi connectivity index (χ0n) is 19.2. The van der Waals surface area contributed by atoms with Crippen LogP contribution in [-0.2, 0) is 26.2 Å². The van der Waals surface area contributed by atoms with Gasteiger partial charge in [0.25, 0.3) is 0 Å². The van der Waals surface area contributed by atoms with Crippen molar-refractivity contribution in [3.8, 4) is 0 Å². The molecule has 1 aliphatic rings. The Morgan fingerprint density at radius 3 is 2.29 bits per heavy atom. The Morgan fingerprint density at radius 1 is 1.06 bits per heavy atom. The standard InChI is InChI=1S/C24H29Cl2N3O4S/c1-17(24(31)27-20-8-4-5-9-20)29(15-18-7-3-6-10-22(18)26)23(30)16-28(2)34(32,33)21-13-11-19(25)12-14-21/h3,6-7,10-14,17,20H,4-5,8-9,15-16H2,1-2H3,(H,27,31)/t17-/m0/s1. The molecule has 0 radical (unpaired) electrons. The molecule has 34 heavy (non-hydrogen) atoms. The highest BCUT2D eigenvalue weighted by Gasteiger charge is 2.31. The molecule has 1 saturated carbocycles. The summed E-state index contributed by atoms with van der Waals surface area (Å²) in [4.78, 5) is 27.7. The number of nitrogens with zero attached hydrogens (tertiary/aromatic N) is 2. The van der Waals surface area contributed by atoms with E-state index in [9.17, 15) is 18.0 Å². The summed E-state index contributed by atoms with van der Waals surface area (Å²) in [6.07, 6.45) is 3.96. The molecule has 0 aromatic heterocycles. The van der Waals surface area contributed by atoms with E-state index in [2.05, 4.69) is 5.32 Å². The molecule has 0 heterocycles. The van der Waals surface area contributed by atoms with Crippen molar-refractivity contribution in [1.29, 1.82) is 0 Å². The van der Waals surface area contributed by atoms with Crippen LogP contribution in [0.1, 0.15) is 38.2 Å². The van der Waals surface area contributed by atoms with Gasteiger partial charge in [-0.05, 0) is 55.7 Å². The number of hydrogen-bond acceptors (Lipinski definition) is 4. The second kappa shape index (κ2) is 11.5. The molecule has 0 saturated heterocycles. The molecule has 1 N–H and O–H groups in total. The lowest BCUT2D eigenvalue weighted by Gasteiger charge is -2.31. The first-order valence-electron chi connectivity index (χ1n) is 11.1. The lowest BCUT2D eigenvalue weighted by molar-refractivity contribution is -0.140. The minimum Gasteiger partial charge on any atom is -0.352 e. The van der Waals surface area contributed by atoms with Crippen LogP contribution in [0.4, 0.5) is 0 Å². The minimum absolute atomic E-state index is 0.0249. The van der Waals surface area contributed by atoms with Crippen molar-refractivity contribution >= 4 is 45.0 Å². The Labute approximate surface area is 211 Å². The molecule has 0 bridgehead atoms. The molecule has 1 atom stereocenters. The van der Waals surface area contributed by atoms with Gasteiger partial charge in [0, 0.05) is 29.7 Å². The fourth-order valence-corrected chi connectivity index (χ4v) is 5.38. The van der Waals surface area contributed by atoms with Crippen LogP contribution in [0, 0.1) is 0 Å². The third-order valence-corrected chi connectivity index (χ3v) is 8.49. The van der Waals surface area contributed by atoms with E-state index in [4.69, 9.17) is 23.2 Å². The highest BCUT2D eigenvalue weighted by atomic mass is 35.5. The average molecular weight is 526 g/mol. The van der Waals surface area contributed by atoms with E-state index in [1.807, 2.05) is 0 Å². The summed E-state index contributed by atoms with van der Waals surface area (Å²) in [5, 5.41) is 3.89. The van der Waals surface area contributed by atoms with Crippen LogP contribution in [-0.4, -0.2) is 55.1 Å². The molecular weight excluding hydrogens is 497 g/mol. The maximum Gasteiger partial charge on any atom is 0.243 e. The molecular formula is C24H29Cl2N3O4S. The summed E-state index contributed by atoms with van der Waals surface area (Å²) >= 11 is 12.2. The van der Waals surface area contributed by atoms with Crippen LogP contribution in [0.2, 0.25) is 10.0 Å². The van der Waals surface area contributed by atoms with Gasteiger partial charge in [-0.3, -0.25) is 9.59 Å². The predicted octanol–water partition coefficient (Wildman–Crippen LogP) is 4.09. The van der Waals surface area contributed by atoms with Crippen molar-refractivity contribution in [2.24, 2.45) is 0 Å². The van der Waals surface area contributed by atoms with E-state index in [1.54, 1.807) is 31.2 Å². The van der Waals surface area contributed by atoms with Crippen LogP contribution in [0.5, 0.6) is 0 Å². The number of rotatable bonds is 9. The summed E-state index contributed by atoms with van der Waals surface area (Å²) in [6, 6.07) is 12.1. The maximum atomic E-state index is 13.4. The summed E-state index contributed by atoms with van der Waals surface area (Å²) in [5.41, 5.74) is 0.668. The first-order chi connectivity index (χ1) is 16.1. The molecule has 3 rings (SSSR count). The van der Waals surface area contributed by atoms with Gasteiger partial charge in [-0.1, -0.05) is 54.2 Å². The number of halogens is 2. The average Bonchev–Trinajstić information content (AvgIpc) is 3.31. The molecule has 0 spiro atoms. The predicted molar refractivity (Wildman–Crippen MR) is 133 cm³/mol. The first kappa shape index (κ1) is 26.5. The van der Waals surface area contributed by atoms with Crippen LogP contribution < -0.4 is 5.32 Å². The Balaban J connectivity index is 1.80. The third-order valence-electron chi connectivity index (χ3n) is 6.05. The van der Waals surface area contributed by atoms with E-state index in [1.165, 1.54) is 36.2 Å². The van der Waals surface area contributed by atoms with Crippen molar-refractivity contribution < 1.29 is 18.0 Å². The molecule has 184 valence electrons. The summed E-state index contributed by atoms with van der Waals surface area (Å²) < 4.78 is 26.9. The number of carbonyl (C=O) groups is 2. The second-order valence-corrected chi connectivity index (χ2v) is 11.4. The van der Waals surface area contributed by atoms with Gasteiger partial charge >= 0.3 is 0 Å². The number of hydrogen-bond donors (Lipinski definition) is 1. The third kappa shape index (κ3) is 6.50. The summed E-state index contributed by atoms with van der Waals surface area (Å²) in [6.45, 7) is 1.29. The van der Waals surface area contributed by atoms with Crippen molar-refractivity contribution in [3.63, 3.8) is 0 Å². The molecule has 2 aromatic rings. The molecule has 1 fully saturated rings. The summed E-state index contributed by atoms with van der Waals surface area (Å²) in [5.74, 6) is -0.774. The Bertz CT molecular complexity index is 1120. The van der Waals surface area contributed by atoms with Gasteiger partial charge in [0.15, 0.2) is 0 Å². The van der Waals surface area contributed by atoms with Gasteiger partial charge in [-0.2, -0.15) is 4.31 Å². The van der Waals surface area contributed by atoms with Crippen LogP contribution in [0.3, 0.4) is 0 Å². The number of sulfonamides is 1.